The number of fused-ring (bicyclic) bond motifs is 3. The van der Waals surface area contributed by atoms with E-state index in [0.717, 1.165) is 43.7 Å². The third-order valence-electron chi connectivity index (χ3n) is 5.02. The number of aromatic nitrogens is 1. The first kappa shape index (κ1) is 17.5. The molecule has 1 atom stereocenters. The van der Waals surface area contributed by atoms with Gasteiger partial charge >= 0.3 is 6.03 Å². The molecule has 140 valence electrons. The summed E-state index contributed by atoms with van der Waals surface area (Å²) in [5.74, 6) is 0.829. The fourth-order valence-electron chi connectivity index (χ4n) is 3.65. The number of benzene rings is 2. The normalized spacial score (nSPS) is 15.5. The summed E-state index contributed by atoms with van der Waals surface area (Å²) in [6, 6.07) is 15.8. The average Bonchev–Trinajstić information content (AvgIpc) is 3.20. The zero-order valence-corrected chi connectivity index (χ0v) is 15.5. The molecule has 1 aromatic heterocycles. The van der Waals surface area contributed by atoms with Gasteiger partial charge in [0, 0.05) is 34.7 Å². The van der Waals surface area contributed by atoms with Crippen molar-refractivity contribution in [2.45, 2.75) is 38.6 Å². The number of urea groups is 1. The SMILES string of the molecule is CCCCOc1ccc(NC(=O)NC2Cc3[nH]c4ccccc4c3C2)cc1. The van der Waals surface area contributed by atoms with Crippen molar-refractivity contribution in [1.29, 1.82) is 0 Å². The molecule has 2 aromatic carbocycles. The van der Waals surface area contributed by atoms with Crippen LogP contribution in [0.1, 0.15) is 31.0 Å². The Labute approximate surface area is 159 Å². The number of amides is 2. The molecule has 0 bridgehead atoms. The van der Waals surface area contributed by atoms with Crippen LogP contribution in [0.5, 0.6) is 5.75 Å². The topological polar surface area (TPSA) is 66.2 Å². The van der Waals surface area contributed by atoms with Crippen molar-refractivity contribution in [2.24, 2.45) is 0 Å². The molecule has 1 aliphatic rings. The maximum atomic E-state index is 12.3. The van der Waals surface area contributed by atoms with Crippen molar-refractivity contribution in [3.8, 4) is 5.75 Å². The highest BCUT2D eigenvalue weighted by Crippen LogP contribution is 2.30. The van der Waals surface area contributed by atoms with Gasteiger partial charge in [-0.3, -0.25) is 0 Å². The van der Waals surface area contributed by atoms with Gasteiger partial charge in [-0.2, -0.15) is 0 Å². The zero-order valence-electron chi connectivity index (χ0n) is 15.5. The average molecular weight is 363 g/mol. The molecule has 2 amide bonds. The Hall–Kier alpha value is -2.95. The molecule has 0 spiro atoms. The van der Waals surface area contributed by atoms with Gasteiger partial charge in [0.25, 0.3) is 0 Å². The Kier molecular flexibility index (Phi) is 5.01. The predicted octanol–water partition coefficient (Wildman–Crippen LogP) is 4.64. The van der Waals surface area contributed by atoms with E-state index in [-0.39, 0.29) is 12.1 Å². The van der Waals surface area contributed by atoms with Gasteiger partial charge in [-0.05, 0) is 48.7 Å². The second-order valence-corrected chi connectivity index (χ2v) is 7.06. The van der Waals surface area contributed by atoms with Gasteiger partial charge in [-0.1, -0.05) is 31.5 Å². The van der Waals surface area contributed by atoms with E-state index in [1.807, 2.05) is 30.3 Å². The molecule has 0 saturated carbocycles. The lowest BCUT2D eigenvalue weighted by Gasteiger charge is -2.14. The molecular weight excluding hydrogens is 338 g/mol. The van der Waals surface area contributed by atoms with Crippen LogP contribution in [0.3, 0.4) is 0 Å². The molecule has 0 radical (unpaired) electrons. The van der Waals surface area contributed by atoms with Crippen LogP contribution in [-0.2, 0) is 12.8 Å². The minimum Gasteiger partial charge on any atom is -0.494 e. The Bertz CT molecular complexity index is 930. The quantitative estimate of drug-likeness (QED) is 0.559. The van der Waals surface area contributed by atoms with Gasteiger partial charge in [0.15, 0.2) is 0 Å². The van der Waals surface area contributed by atoms with Crippen molar-refractivity contribution in [1.82, 2.24) is 10.3 Å². The third-order valence-corrected chi connectivity index (χ3v) is 5.02. The van der Waals surface area contributed by atoms with Crippen molar-refractivity contribution in [3.63, 3.8) is 0 Å². The highest BCUT2D eigenvalue weighted by atomic mass is 16.5. The van der Waals surface area contributed by atoms with E-state index < -0.39 is 0 Å². The molecule has 4 rings (SSSR count). The molecule has 0 fully saturated rings. The summed E-state index contributed by atoms with van der Waals surface area (Å²) >= 11 is 0. The summed E-state index contributed by atoms with van der Waals surface area (Å²) in [6.45, 7) is 2.86. The first-order chi connectivity index (χ1) is 13.2. The Morgan fingerprint density at radius 3 is 2.78 bits per heavy atom. The van der Waals surface area contributed by atoms with Crippen molar-refractivity contribution < 1.29 is 9.53 Å². The fourth-order valence-corrected chi connectivity index (χ4v) is 3.65. The number of carbonyl (C=O) groups excluding carboxylic acids is 1. The number of hydrogen-bond acceptors (Lipinski definition) is 2. The van der Waals surface area contributed by atoms with Crippen LogP contribution >= 0.6 is 0 Å². The van der Waals surface area contributed by atoms with Gasteiger partial charge in [-0.15, -0.1) is 0 Å². The lowest BCUT2D eigenvalue weighted by atomic mass is 10.1. The summed E-state index contributed by atoms with van der Waals surface area (Å²) in [4.78, 5) is 15.8. The second kappa shape index (κ2) is 7.74. The van der Waals surface area contributed by atoms with E-state index >= 15 is 0 Å². The van der Waals surface area contributed by atoms with Crippen LogP contribution in [0.15, 0.2) is 48.5 Å². The number of rotatable bonds is 6. The number of carbonyl (C=O) groups is 1. The zero-order chi connectivity index (χ0) is 18.6. The Morgan fingerprint density at radius 1 is 1.15 bits per heavy atom. The smallest absolute Gasteiger partial charge is 0.319 e. The summed E-state index contributed by atoms with van der Waals surface area (Å²) in [5, 5.41) is 7.24. The van der Waals surface area contributed by atoms with Gasteiger partial charge in [0.05, 0.1) is 6.61 Å². The molecule has 3 N–H and O–H groups in total. The molecule has 27 heavy (non-hydrogen) atoms. The van der Waals surface area contributed by atoms with Crippen LogP contribution in [0, 0.1) is 0 Å². The Balaban J connectivity index is 1.31. The maximum absolute atomic E-state index is 12.3. The van der Waals surface area contributed by atoms with E-state index in [1.165, 1.54) is 22.2 Å². The maximum Gasteiger partial charge on any atom is 0.319 e. The standard InChI is InChI=1S/C22H25N3O2/c1-2-3-12-27-17-10-8-15(9-11-17)23-22(26)24-16-13-19-18-6-4-5-7-20(18)25-21(19)14-16/h4-11,16,25H,2-3,12-14H2,1H3,(H2,23,24,26). The monoisotopic (exact) mass is 363 g/mol. The number of hydrogen-bond donors (Lipinski definition) is 3. The number of para-hydroxylation sites is 1. The van der Waals surface area contributed by atoms with Crippen LogP contribution in [0.25, 0.3) is 10.9 Å². The first-order valence-electron chi connectivity index (χ1n) is 9.62. The van der Waals surface area contributed by atoms with Crippen LogP contribution in [0.4, 0.5) is 10.5 Å². The van der Waals surface area contributed by atoms with E-state index in [0.29, 0.717) is 0 Å². The van der Waals surface area contributed by atoms with Crippen LogP contribution in [0.2, 0.25) is 0 Å². The van der Waals surface area contributed by atoms with Crippen molar-refractivity contribution in [3.05, 3.63) is 59.8 Å². The molecule has 1 heterocycles. The number of H-pyrrole nitrogens is 1. The molecule has 5 nitrogen and oxygen atoms in total. The molecule has 1 aliphatic carbocycles. The molecule has 3 aromatic rings. The minimum atomic E-state index is -0.172. The van der Waals surface area contributed by atoms with Crippen LogP contribution < -0.4 is 15.4 Å². The van der Waals surface area contributed by atoms with E-state index in [2.05, 4.69) is 40.7 Å². The lowest BCUT2D eigenvalue weighted by Crippen LogP contribution is -2.38. The number of aromatic amines is 1. The number of nitrogens with one attached hydrogen (secondary N) is 3. The second-order valence-electron chi connectivity index (χ2n) is 7.06. The summed E-state index contributed by atoms with van der Waals surface area (Å²) in [7, 11) is 0. The molecular formula is C22H25N3O2. The number of anilines is 1. The lowest BCUT2D eigenvalue weighted by molar-refractivity contribution is 0.248. The summed E-state index contributed by atoms with van der Waals surface area (Å²) in [6.07, 6.45) is 3.85. The molecule has 0 saturated heterocycles. The van der Waals surface area contributed by atoms with Gasteiger partial charge in [0.2, 0.25) is 0 Å². The summed E-state index contributed by atoms with van der Waals surface area (Å²) in [5.41, 5.74) is 4.49. The minimum absolute atomic E-state index is 0.118. The molecule has 1 unspecified atom stereocenters. The first-order valence-corrected chi connectivity index (χ1v) is 9.62. The van der Waals surface area contributed by atoms with Crippen LogP contribution in [-0.4, -0.2) is 23.7 Å². The molecule has 0 aliphatic heterocycles. The Morgan fingerprint density at radius 2 is 1.96 bits per heavy atom. The van der Waals surface area contributed by atoms with Gasteiger partial charge in [-0.25, -0.2) is 4.79 Å². The van der Waals surface area contributed by atoms with Crippen molar-refractivity contribution in [2.75, 3.05) is 11.9 Å². The largest absolute Gasteiger partial charge is 0.494 e. The predicted molar refractivity (Wildman–Crippen MR) is 108 cm³/mol. The van der Waals surface area contributed by atoms with E-state index in [4.69, 9.17) is 4.74 Å². The van der Waals surface area contributed by atoms with E-state index in [9.17, 15) is 4.79 Å². The van der Waals surface area contributed by atoms with Gasteiger partial charge < -0.3 is 20.4 Å². The number of ether oxygens (including phenoxy) is 1. The summed E-state index contributed by atoms with van der Waals surface area (Å²) < 4.78 is 5.64. The number of unbranched alkanes of at least 4 members (excludes halogenated alkanes) is 1. The highest BCUT2D eigenvalue weighted by molar-refractivity contribution is 5.90. The van der Waals surface area contributed by atoms with Crippen molar-refractivity contribution >= 4 is 22.6 Å². The third kappa shape index (κ3) is 3.92. The van der Waals surface area contributed by atoms with E-state index in [1.54, 1.807) is 0 Å². The van der Waals surface area contributed by atoms with Gasteiger partial charge in [0.1, 0.15) is 5.75 Å². The highest BCUT2D eigenvalue weighted by Gasteiger charge is 2.26. The molecule has 5 heteroatoms. The fraction of sp³-hybridized carbons (Fsp3) is 0.318.